The molecule has 0 aliphatic carbocycles. The van der Waals surface area contributed by atoms with Gasteiger partial charge in [-0.05, 0) is 24.6 Å². The van der Waals surface area contributed by atoms with E-state index in [1.807, 2.05) is 0 Å². The molecular weight excluding hydrogens is 296 g/mol. The van der Waals surface area contributed by atoms with Gasteiger partial charge in [0.25, 0.3) is 0 Å². The molecule has 1 saturated heterocycles. The van der Waals surface area contributed by atoms with Crippen molar-refractivity contribution in [3.05, 3.63) is 28.8 Å². The molecule has 0 spiro atoms. The number of piperidine rings is 1. The molecule has 2 rings (SSSR count). The van der Waals surface area contributed by atoms with Crippen molar-refractivity contribution < 1.29 is 19.5 Å². The quantitative estimate of drug-likeness (QED) is 0.892. The van der Waals surface area contributed by atoms with Crippen molar-refractivity contribution in [3.63, 3.8) is 0 Å². The van der Waals surface area contributed by atoms with Crippen molar-refractivity contribution in [1.82, 2.24) is 4.90 Å². The van der Waals surface area contributed by atoms with Crippen LogP contribution < -0.4 is 5.32 Å². The van der Waals surface area contributed by atoms with E-state index in [1.54, 1.807) is 11.9 Å². The van der Waals surface area contributed by atoms with Gasteiger partial charge in [-0.1, -0.05) is 11.6 Å². The molecule has 1 aromatic carbocycles. The number of hydrogen-bond donors (Lipinski definition) is 2. The van der Waals surface area contributed by atoms with Gasteiger partial charge >= 0.3 is 5.97 Å². The van der Waals surface area contributed by atoms with Gasteiger partial charge in [-0.3, -0.25) is 9.59 Å². The van der Waals surface area contributed by atoms with Gasteiger partial charge in [-0.15, -0.1) is 0 Å². The summed E-state index contributed by atoms with van der Waals surface area (Å²) in [6.45, 7) is 0.551. The predicted octanol–water partition coefficient (Wildman–Crippen LogP) is 1.85. The fourth-order valence-electron chi connectivity index (χ4n) is 2.18. The Kier molecular flexibility index (Phi) is 4.47. The Morgan fingerprint density at radius 3 is 2.71 bits per heavy atom. The topological polar surface area (TPSA) is 86.7 Å². The summed E-state index contributed by atoms with van der Waals surface area (Å²) in [5.41, 5.74) is 0.394. The summed E-state index contributed by atoms with van der Waals surface area (Å²) in [4.78, 5) is 36.2. The lowest BCUT2D eigenvalue weighted by Gasteiger charge is -2.27. The molecule has 6 nitrogen and oxygen atoms in total. The molecule has 1 atom stereocenters. The first-order valence-corrected chi connectivity index (χ1v) is 6.84. The van der Waals surface area contributed by atoms with Crippen molar-refractivity contribution in [2.75, 3.05) is 18.9 Å². The second kappa shape index (κ2) is 6.13. The molecular formula is C14H15ClN2O4. The van der Waals surface area contributed by atoms with E-state index < -0.39 is 5.97 Å². The number of rotatable bonds is 3. The van der Waals surface area contributed by atoms with E-state index in [9.17, 15) is 14.4 Å². The Labute approximate surface area is 126 Å². The number of halogens is 1. The van der Waals surface area contributed by atoms with Crippen molar-refractivity contribution in [2.24, 2.45) is 5.92 Å². The number of carbonyl (C=O) groups is 3. The highest BCUT2D eigenvalue weighted by Gasteiger charge is 2.28. The SMILES string of the molecule is CN1CCC(C(=O)Nc2ccc(C(=O)O)c(Cl)c2)CC1=O. The Morgan fingerprint density at radius 2 is 2.14 bits per heavy atom. The molecule has 2 N–H and O–H groups in total. The van der Waals surface area contributed by atoms with Gasteiger partial charge in [0.2, 0.25) is 11.8 Å². The highest BCUT2D eigenvalue weighted by Crippen LogP contribution is 2.23. The molecule has 1 unspecified atom stereocenters. The standard InChI is InChI=1S/C14H15ClN2O4/c1-17-5-4-8(6-12(17)18)13(19)16-9-2-3-10(14(20)21)11(15)7-9/h2-3,7-8H,4-6H2,1H3,(H,16,19)(H,20,21). The molecule has 0 saturated carbocycles. The van der Waals surface area contributed by atoms with Crippen LogP contribution in [-0.4, -0.2) is 41.4 Å². The minimum absolute atomic E-state index is 0.0239. The second-order valence-electron chi connectivity index (χ2n) is 4.99. The van der Waals surface area contributed by atoms with Crippen molar-refractivity contribution in [1.29, 1.82) is 0 Å². The van der Waals surface area contributed by atoms with Crippen LogP contribution in [0.4, 0.5) is 5.69 Å². The molecule has 0 bridgehead atoms. The minimum Gasteiger partial charge on any atom is -0.478 e. The van der Waals surface area contributed by atoms with Crippen LogP contribution >= 0.6 is 11.6 Å². The Bertz CT molecular complexity index is 603. The van der Waals surface area contributed by atoms with Gasteiger partial charge in [0, 0.05) is 31.6 Å². The van der Waals surface area contributed by atoms with Crippen molar-refractivity contribution in [3.8, 4) is 0 Å². The van der Waals surface area contributed by atoms with E-state index in [4.69, 9.17) is 16.7 Å². The molecule has 7 heteroatoms. The number of amides is 2. The molecule has 1 aliphatic heterocycles. The number of anilines is 1. The molecule has 0 aromatic heterocycles. The zero-order valence-electron chi connectivity index (χ0n) is 11.4. The highest BCUT2D eigenvalue weighted by molar-refractivity contribution is 6.33. The molecule has 0 radical (unpaired) electrons. The van der Waals surface area contributed by atoms with E-state index >= 15 is 0 Å². The predicted molar refractivity (Wildman–Crippen MR) is 77.4 cm³/mol. The number of carboxylic acid groups (broad SMARTS) is 1. The maximum atomic E-state index is 12.1. The minimum atomic E-state index is -1.13. The lowest BCUT2D eigenvalue weighted by molar-refractivity contribution is -0.137. The molecule has 21 heavy (non-hydrogen) atoms. The maximum Gasteiger partial charge on any atom is 0.337 e. The van der Waals surface area contributed by atoms with Gasteiger partial charge in [-0.2, -0.15) is 0 Å². The first kappa shape index (κ1) is 15.3. The summed E-state index contributed by atoms with van der Waals surface area (Å²) in [6, 6.07) is 4.20. The van der Waals surface area contributed by atoms with E-state index in [-0.39, 0.29) is 34.7 Å². The monoisotopic (exact) mass is 310 g/mol. The zero-order valence-corrected chi connectivity index (χ0v) is 12.2. The van der Waals surface area contributed by atoms with E-state index in [0.717, 1.165) is 0 Å². The summed E-state index contributed by atoms with van der Waals surface area (Å²) < 4.78 is 0. The van der Waals surface area contributed by atoms with E-state index in [1.165, 1.54) is 18.2 Å². The first-order chi connectivity index (χ1) is 9.88. The van der Waals surface area contributed by atoms with Crippen molar-refractivity contribution in [2.45, 2.75) is 12.8 Å². The summed E-state index contributed by atoms with van der Waals surface area (Å²) in [5, 5.41) is 11.6. The summed E-state index contributed by atoms with van der Waals surface area (Å²) in [5.74, 6) is -1.80. The third kappa shape index (κ3) is 3.52. The lowest BCUT2D eigenvalue weighted by atomic mass is 9.95. The third-order valence-corrected chi connectivity index (χ3v) is 3.81. The normalized spacial score (nSPS) is 18.5. The second-order valence-corrected chi connectivity index (χ2v) is 5.40. The van der Waals surface area contributed by atoms with Crippen LogP contribution in [0.25, 0.3) is 0 Å². The molecule has 1 heterocycles. The molecule has 1 aliphatic rings. The van der Waals surface area contributed by atoms with Crippen LogP contribution in [0, 0.1) is 5.92 Å². The number of hydrogen-bond acceptors (Lipinski definition) is 3. The highest BCUT2D eigenvalue weighted by atomic mass is 35.5. The summed E-state index contributed by atoms with van der Waals surface area (Å²) >= 11 is 5.84. The Hall–Kier alpha value is -2.08. The van der Waals surface area contributed by atoms with Gasteiger partial charge in [-0.25, -0.2) is 4.79 Å². The fraction of sp³-hybridized carbons (Fsp3) is 0.357. The van der Waals surface area contributed by atoms with Gasteiger partial charge in [0.1, 0.15) is 0 Å². The van der Waals surface area contributed by atoms with Gasteiger partial charge < -0.3 is 15.3 Å². The van der Waals surface area contributed by atoms with Crippen LogP contribution in [0.3, 0.4) is 0 Å². The molecule has 1 fully saturated rings. The first-order valence-electron chi connectivity index (χ1n) is 6.46. The van der Waals surface area contributed by atoms with Crippen LogP contribution in [0.1, 0.15) is 23.2 Å². The molecule has 112 valence electrons. The lowest BCUT2D eigenvalue weighted by Crippen LogP contribution is -2.39. The van der Waals surface area contributed by atoms with Gasteiger partial charge in [0.15, 0.2) is 0 Å². The Morgan fingerprint density at radius 1 is 1.43 bits per heavy atom. The smallest absolute Gasteiger partial charge is 0.337 e. The largest absolute Gasteiger partial charge is 0.478 e. The van der Waals surface area contributed by atoms with Crippen LogP contribution in [0.2, 0.25) is 5.02 Å². The molecule has 2 amide bonds. The summed E-state index contributed by atoms with van der Waals surface area (Å²) in [6.07, 6.45) is 0.790. The average molecular weight is 311 g/mol. The summed E-state index contributed by atoms with van der Waals surface area (Å²) in [7, 11) is 1.71. The van der Waals surface area contributed by atoms with E-state index in [2.05, 4.69) is 5.32 Å². The number of benzene rings is 1. The maximum absolute atomic E-state index is 12.1. The van der Waals surface area contributed by atoms with E-state index in [0.29, 0.717) is 18.7 Å². The number of nitrogens with one attached hydrogen (secondary N) is 1. The Balaban J connectivity index is 2.05. The number of likely N-dealkylation sites (tertiary alicyclic amines) is 1. The van der Waals surface area contributed by atoms with Crippen LogP contribution in [0.15, 0.2) is 18.2 Å². The number of carboxylic acids is 1. The molecule has 1 aromatic rings. The van der Waals surface area contributed by atoms with Crippen molar-refractivity contribution >= 4 is 35.1 Å². The van der Waals surface area contributed by atoms with Crippen LogP contribution in [-0.2, 0) is 9.59 Å². The average Bonchev–Trinajstić information content (AvgIpc) is 2.41. The number of nitrogens with zero attached hydrogens (tertiary/aromatic N) is 1. The number of aromatic carboxylic acids is 1. The van der Waals surface area contributed by atoms with Crippen LogP contribution in [0.5, 0.6) is 0 Å². The zero-order chi connectivity index (χ0) is 15.6. The number of carbonyl (C=O) groups excluding carboxylic acids is 2. The third-order valence-electron chi connectivity index (χ3n) is 3.50. The van der Waals surface area contributed by atoms with Gasteiger partial charge in [0.05, 0.1) is 10.6 Å². The fourth-order valence-corrected chi connectivity index (χ4v) is 2.44.